The molecule has 2 nitrogen and oxygen atoms in total. The highest BCUT2D eigenvalue weighted by molar-refractivity contribution is 5.61. The zero-order valence-electron chi connectivity index (χ0n) is 10.4. The highest BCUT2D eigenvalue weighted by Gasteiger charge is 2.15. The molecule has 2 rings (SSSR count). The van der Waals surface area contributed by atoms with Gasteiger partial charge in [-0.3, -0.25) is 0 Å². The topological polar surface area (TPSA) is 15.6 Å². The second kappa shape index (κ2) is 6.65. The van der Waals surface area contributed by atoms with E-state index in [1.165, 1.54) is 50.2 Å². The van der Waals surface area contributed by atoms with Crippen LogP contribution in [0.3, 0.4) is 0 Å². The molecule has 0 aromatic heterocycles. The third-order valence-corrected chi connectivity index (χ3v) is 2.90. The lowest BCUT2D eigenvalue weighted by atomic mass is 10.1. The summed E-state index contributed by atoms with van der Waals surface area (Å²) < 4.78 is 0. The quantitative estimate of drug-likeness (QED) is 0.643. The average molecular weight is 208 g/mol. The third kappa shape index (κ3) is 3.37. The molecule has 0 aromatic carbocycles. The van der Waals surface area contributed by atoms with Gasteiger partial charge in [-0.25, -0.2) is 4.99 Å². The minimum absolute atomic E-state index is 1.13. The van der Waals surface area contributed by atoms with Crippen LogP contribution in [0.2, 0.25) is 0 Å². The number of likely N-dealkylation sites (tertiary alicyclic amines) is 1. The fraction of sp³-hybridized carbons (Fsp3) is 0.769. The van der Waals surface area contributed by atoms with Gasteiger partial charge in [-0.15, -0.1) is 0 Å². The Kier molecular flexibility index (Phi) is 5.44. The number of piperidine rings is 1. The predicted molar refractivity (Wildman–Crippen MR) is 67.2 cm³/mol. The van der Waals surface area contributed by atoms with E-state index in [4.69, 9.17) is 0 Å². The van der Waals surface area contributed by atoms with Gasteiger partial charge in [-0.05, 0) is 44.6 Å². The van der Waals surface area contributed by atoms with Crippen LogP contribution in [-0.4, -0.2) is 24.2 Å². The molecule has 0 spiro atoms. The Morgan fingerprint density at radius 2 is 1.80 bits per heavy atom. The fourth-order valence-electron chi connectivity index (χ4n) is 2.11. The van der Waals surface area contributed by atoms with Crippen molar-refractivity contribution in [3.8, 4) is 0 Å². The van der Waals surface area contributed by atoms with Crippen LogP contribution in [-0.2, 0) is 0 Å². The van der Waals surface area contributed by atoms with E-state index in [-0.39, 0.29) is 0 Å². The van der Waals surface area contributed by atoms with Gasteiger partial charge in [0.2, 0.25) is 0 Å². The van der Waals surface area contributed by atoms with E-state index >= 15 is 0 Å². The lowest BCUT2D eigenvalue weighted by Crippen LogP contribution is -2.29. The van der Waals surface area contributed by atoms with Gasteiger partial charge in [0.15, 0.2) is 0 Å². The maximum Gasteiger partial charge on any atom is 0.126 e. The first-order chi connectivity index (χ1) is 7.38. The molecule has 0 atom stereocenters. The molecule has 86 valence electrons. The van der Waals surface area contributed by atoms with Crippen molar-refractivity contribution >= 4 is 6.21 Å². The summed E-state index contributed by atoms with van der Waals surface area (Å²) in [5, 5.41) is 0. The molecule has 1 saturated heterocycles. The molecule has 0 saturated carbocycles. The molecule has 2 aliphatic rings. The summed E-state index contributed by atoms with van der Waals surface area (Å²) in [7, 11) is 0. The van der Waals surface area contributed by atoms with E-state index in [9.17, 15) is 0 Å². The molecule has 0 aromatic rings. The van der Waals surface area contributed by atoms with Crippen molar-refractivity contribution in [1.82, 2.24) is 4.90 Å². The monoisotopic (exact) mass is 208 g/mol. The summed E-state index contributed by atoms with van der Waals surface area (Å²) in [6.07, 6.45) is 8.47. The molecular formula is C13H24N2. The van der Waals surface area contributed by atoms with Crippen molar-refractivity contribution in [2.24, 2.45) is 4.99 Å². The molecule has 0 amide bonds. The maximum absolute atomic E-state index is 4.51. The molecular weight excluding hydrogens is 184 g/mol. The van der Waals surface area contributed by atoms with Gasteiger partial charge in [0.1, 0.15) is 5.82 Å². The molecule has 15 heavy (non-hydrogen) atoms. The van der Waals surface area contributed by atoms with Gasteiger partial charge in [0.25, 0.3) is 0 Å². The van der Waals surface area contributed by atoms with E-state index in [1.54, 1.807) is 0 Å². The van der Waals surface area contributed by atoms with Gasteiger partial charge >= 0.3 is 0 Å². The Balaban J connectivity index is 0.000000531. The lowest BCUT2D eigenvalue weighted by Gasteiger charge is -2.31. The van der Waals surface area contributed by atoms with E-state index in [0.29, 0.717) is 0 Å². The first-order valence-electron chi connectivity index (χ1n) is 6.35. The summed E-state index contributed by atoms with van der Waals surface area (Å²) in [5.41, 5.74) is 1.48. The number of hydrogen-bond donors (Lipinski definition) is 0. The lowest BCUT2D eigenvalue weighted by molar-refractivity contribution is 0.279. The van der Waals surface area contributed by atoms with Crippen molar-refractivity contribution in [3.05, 3.63) is 11.4 Å². The molecule has 2 aliphatic heterocycles. The zero-order valence-corrected chi connectivity index (χ0v) is 10.4. The van der Waals surface area contributed by atoms with Crippen molar-refractivity contribution in [3.63, 3.8) is 0 Å². The van der Waals surface area contributed by atoms with Crippen LogP contribution in [0.25, 0.3) is 0 Å². The second-order valence-corrected chi connectivity index (χ2v) is 4.00. The highest BCUT2D eigenvalue weighted by Crippen LogP contribution is 2.22. The molecule has 0 N–H and O–H groups in total. The molecule has 0 bridgehead atoms. The van der Waals surface area contributed by atoms with Gasteiger partial charge < -0.3 is 4.90 Å². The molecule has 0 radical (unpaired) electrons. The maximum atomic E-state index is 4.51. The Morgan fingerprint density at radius 3 is 2.40 bits per heavy atom. The Hall–Kier alpha value is -0.790. The number of aliphatic imine (C=N–C) groups is 1. The molecule has 0 aliphatic carbocycles. The summed E-state index contributed by atoms with van der Waals surface area (Å²) >= 11 is 0. The van der Waals surface area contributed by atoms with Gasteiger partial charge in [0, 0.05) is 19.3 Å². The molecule has 2 heterocycles. The normalized spacial score (nSPS) is 21.1. The SMILES string of the molecule is CC.CC1=C(N2CCCCC2)N=CCC1. The Bertz CT molecular complexity index is 235. The van der Waals surface area contributed by atoms with Crippen LogP contribution in [0.4, 0.5) is 0 Å². The minimum Gasteiger partial charge on any atom is -0.357 e. The summed E-state index contributed by atoms with van der Waals surface area (Å²) in [6, 6.07) is 0. The first-order valence-corrected chi connectivity index (χ1v) is 6.35. The van der Waals surface area contributed by atoms with E-state index in [1.807, 2.05) is 13.8 Å². The minimum atomic E-state index is 1.13. The van der Waals surface area contributed by atoms with Crippen LogP contribution >= 0.6 is 0 Å². The highest BCUT2D eigenvalue weighted by atomic mass is 15.2. The Morgan fingerprint density at radius 1 is 1.13 bits per heavy atom. The van der Waals surface area contributed by atoms with Crippen molar-refractivity contribution in [1.29, 1.82) is 0 Å². The zero-order chi connectivity index (χ0) is 11.1. The van der Waals surface area contributed by atoms with Crippen LogP contribution in [0.15, 0.2) is 16.4 Å². The van der Waals surface area contributed by atoms with Crippen LogP contribution in [0.5, 0.6) is 0 Å². The average Bonchev–Trinajstić information content (AvgIpc) is 2.33. The molecule has 0 unspecified atom stereocenters. The van der Waals surface area contributed by atoms with Gasteiger partial charge in [-0.2, -0.15) is 0 Å². The number of allylic oxidation sites excluding steroid dienone is 1. The van der Waals surface area contributed by atoms with Crippen LogP contribution < -0.4 is 0 Å². The number of nitrogens with zero attached hydrogens (tertiary/aromatic N) is 2. The van der Waals surface area contributed by atoms with E-state index in [2.05, 4.69) is 23.0 Å². The van der Waals surface area contributed by atoms with Crippen molar-refractivity contribution in [2.75, 3.05) is 13.1 Å². The van der Waals surface area contributed by atoms with E-state index < -0.39 is 0 Å². The van der Waals surface area contributed by atoms with Crippen LogP contribution in [0.1, 0.15) is 52.9 Å². The summed E-state index contributed by atoms with van der Waals surface area (Å²) in [5.74, 6) is 1.27. The second-order valence-electron chi connectivity index (χ2n) is 4.00. The van der Waals surface area contributed by atoms with E-state index in [0.717, 1.165) is 6.42 Å². The first kappa shape index (κ1) is 12.3. The van der Waals surface area contributed by atoms with Gasteiger partial charge in [0.05, 0.1) is 0 Å². The third-order valence-electron chi connectivity index (χ3n) is 2.90. The summed E-state index contributed by atoms with van der Waals surface area (Å²) in [4.78, 5) is 6.97. The predicted octanol–water partition coefficient (Wildman–Crippen LogP) is 3.59. The fourth-order valence-corrected chi connectivity index (χ4v) is 2.11. The largest absolute Gasteiger partial charge is 0.357 e. The smallest absolute Gasteiger partial charge is 0.126 e. The molecule has 2 heteroatoms. The standard InChI is InChI=1S/C11H18N2.C2H6/c1-10-6-5-7-12-11(10)13-8-3-2-4-9-13;1-2/h7H,2-6,8-9H2,1H3;1-2H3. The Labute approximate surface area is 94.1 Å². The van der Waals surface area contributed by atoms with Crippen molar-refractivity contribution < 1.29 is 0 Å². The number of hydrogen-bond acceptors (Lipinski definition) is 2. The number of rotatable bonds is 1. The molecule has 1 fully saturated rings. The summed E-state index contributed by atoms with van der Waals surface area (Å²) in [6.45, 7) is 8.65. The van der Waals surface area contributed by atoms with Crippen molar-refractivity contribution in [2.45, 2.75) is 52.9 Å². The van der Waals surface area contributed by atoms with Gasteiger partial charge in [-0.1, -0.05) is 13.8 Å². The van der Waals surface area contributed by atoms with Crippen LogP contribution in [0, 0.1) is 0 Å².